The van der Waals surface area contributed by atoms with Crippen LogP contribution < -0.4 is 0 Å². The van der Waals surface area contributed by atoms with Crippen LogP contribution in [0.25, 0.3) is 10.8 Å². The fourth-order valence-electron chi connectivity index (χ4n) is 2.49. The summed E-state index contributed by atoms with van der Waals surface area (Å²) in [5.41, 5.74) is 1.45. The van der Waals surface area contributed by atoms with Gasteiger partial charge in [-0.3, -0.25) is 0 Å². The van der Waals surface area contributed by atoms with Crippen LogP contribution in [-0.4, -0.2) is 24.5 Å². The molecule has 0 saturated heterocycles. The summed E-state index contributed by atoms with van der Waals surface area (Å²) < 4.78 is 0. The van der Waals surface area contributed by atoms with Gasteiger partial charge in [0.15, 0.2) is 0 Å². The Kier molecular flexibility index (Phi) is 4.38. The first kappa shape index (κ1) is 13.1. The van der Waals surface area contributed by atoms with Gasteiger partial charge in [-0.25, -0.2) is 0 Å². The molecule has 0 aliphatic heterocycles. The molecule has 0 spiro atoms. The maximum absolute atomic E-state index is 2.49. The molecule has 0 saturated carbocycles. The summed E-state index contributed by atoms with van der Waals surface area (Å²) in [7, 11) is 0. The van der Waals surface area contributed by atoms with Crippen LogP contribution in [0.3, 0.4) is 0 Å². The summed E-state index contributed by atoms with van der Waals surface area (Å²) >= 11 is 0. The quantitative estimate of drug-likeness (QED) is 0.755. The van der Waals surface area contributed by atoms with Crippen LogP contribution in [0.2, 0.25) is 0 Å². The lowest BCUT2D eigenvalue weighted by Crippen LogP contribution is -2.27. The van der Waals surface area contributed by atoms with E-state index in [-0.39, 0.29) is 0 Å². The lowest BCUT2D eigenvalue weighted by molar-refractivity contribution is 0.288. The highest BCUT2D eigenvalue weighted by atomic mass is 15.1. The Balaban J connectivity index is 2.19. The number of hydrogen-bond acceptors (Lipinski definition) is 1. The molecule has 0 aliphatic carbocycles. The normalized spacial score (nSPS) is 13.1. The van der Waals surface area contributed by atoms with E-state index in [1.807, 2.05) is 0 Å². The Bertz CT molecular complexity index is 500. The maximum Gasteiger partial charge on any atom is 0.00474 e. The number of benzene rings is 2. The second-order valence-corrected chi connectivity index (χ2v) is 4.99. The summed E-state index contributed by atoms with van der Waals surface area (Å²) in [4.78, 5) is 2.49. The van der Waals surface area contributed by atoms with E-state index in [2.05, 4.69) is 68.1 Å². The van der Waals surface area contributed by atoms with E-state index >= 15 is 0 Å². The largest absolute Gasteiger partial charge is 0.303 e. The van der Waals surface area contributed by atoms with Crippen LogP contribution in [0.1, 0.15) is 32.3 Å². The Labute approximate surface area is 110 Å². The van der Waals surface area contributed by atoms with Gasteiger partial charge in [0.05, 0.1) is 0 Å². The van der Waals surface area contributed by atoms with E-state index in [9.17, 15) is 0 Å². The van der Waals surface area contributed by atoms with Gasteiger partial charge in [0.2, 0.25) is 0 Å². The highest BCUT2D eigenvalue weighted by Crippen LogP contribution is 2.22. The van der Waals surface area contributed by atoms with Crippen molar-refractivity contribution in [2.24, 2.45) is 0 Å². The number of hydrogen-bond donors (Lipinski definition) is 0. The molecule has 18 heavy (non-hydrogen) atoms. The van der Waals surface area contributed by atoms with Crippen molar-refractivity contribution in [2.45, 2.75) is 26.7 Å². The van der Waals surface area contributed by atoms with Crippen molar-refractivity contribution in [3.63, 3.8) is 0 Å². The fourth-order valence-corrected chi connectivity index (χ4v) is 2.49. The average molecular weight is 241 g/mol. The third-order valence-electron chi connectivity index (χ3n) is 3.77. The molecule has 1 heteroatoms. The molecule has 1 atom stereocenters. The molecule has 0 bridgehead atoms. The highest BCUT2D eigenvalue weighted by molar-refractivity contribution is 5.83. The van der Waals surface area contributed by atoms with Crippen LogP contribution in [-0.2, 0) is 0 Å². The maximum atomic E-state index is 2.49. The molecule has 0 amide bonds. The van der Waals surface area contributed by atoms with Crippen LogP contribution in [0.15, 0.2) is 42.5 Å². The van der Waals surface area contributed by atoms with Gasteiger partial charge in [0.25, 0.3) is 0 Å². The van der Waals surface area contributed by atoms with Crippen LogP contribution in [0, 0.1) is 0 Å². The SMILES string of the molecule is CCN(CC)CC(C)c1ccc2ccccc2c1. The van der Waals surface area contributed by atoms with Gasteiger partial charge in [0.1, 0.15) is 0 Å². The van der Waals surface area contributed by atoms with Gasteiger partial charge >= 0.3 is 0 Å². The summed E-state index contributed by atoms with van der Waals surface area (Å²) in [6, 6.07) is 15.4. The molecule has 0 radical (unpaired) electrons. The molecule has 2 aromatic rings. The molecule has 0 fully saturated rings. The van der Waals surface area contributed by atoms with E-state index in [1.165, 1.54) is 16.3 Å². The first-order valence-electron chi connectivity index (χ1n) is 6.95. The average Bonchev–Trinajstić information content (AvgIpc) is 2.44. The summed E-state index contributed by atoms with van der Waals surface area (Å²) in [5.74, 6) is 0.592. The van der Waals surface area contributed by atoms with Gasteiger partial charge in [-0.15, -0.1) is 0 Å². The summed E-state index contributed by atoms with van der Waals surface area (Å²) in [6.45, 7) is 10.2. The molecule has 96 valence electrons. The van der Waals surface area contributed by atoms with Crippen LogP contribution in [0.4, 0.5) is 0 Å². The first-order chi connectivity index (χ1) is 8.74. The lowest BCUT2D eigenvalue weighted by atomic mass is 9.97. The molecule has 1 nitrogen and oxygen atoms in total. The molecular formula is C17H23N. The highest BCUT2D eigenvalue weighted by Gasteiger charge is 2.09. The van der Waals surface area contributed by atoms with E-state index in [0.29, 0.717) is 5.92 Å². The van der Waals surface area contributed by atoms with Crippen molar-refractivity contribution < 1.29 is 0 Å². The van der Waals surface area contributed by atoms with Crippen LogP contribution in [0.5, 0.6) is 0 Å². The number of fused-ring (bicyclic) bond motifs is 1. The fraction of sp³-hybridized carbons (Fsp3) is 0.412. The van der Waals surface area contributed by atoms with Gasteiger partial charge in [-0.2, -0.15) is 0 Å². The molecule has 2 rings (SSSR count). The van der Waals surface area contributed by atoms with Gasteiger partial charge in [-0.05, 0) is 35.3 Å². The first-order valence-corrected chi connectivity index (χ1v) is 6.95. The minimum Gasteiger partial charge on any atom is -0.303 e. The van der Waals surface area contributed by atoms with E-state index in [0.717, 1.165) is 19.6 Å². The van der Waals surface area contributed by atoms with Gasteiger partial charge in [0, 0.05) is 6.54 Å². The predicted octanol–water partition coefficient (Wildman–Crippen LogP) is 4.29. The Morgan fingerprint density at radius 3 is 2.28 bits per heavy atom. The monoisotopic (exact) mass is 241 g/mol. The lowest BCUT2D eigenvalue weighted by Gasteiger charge is -2.23. The zero-order valence-electron chi connectivity index (χ0n) is 11.7. The molecule has 0 heterocycles. The van der Waals surface area contributed by atoms with Crippen LogP contribution >= 0.6 is 0 Å². The van der Waals surface area contributed by atoms with Crippen molar-refractivity contribution in [3.8, 4) is 0 Å². The molecule has 0 aromatic heterocycles. The third-order valence-corrected chi connectivity index (χ3v) is 3.77. The smallest absolute Gasteiger partial charge is 0.00474 e. The van der Waals surface area contributed by atoms with Crippen molar-refractivity contribution in [3.05, 3.63) is 48.0 Å². The van der Waals surface area contributed by atoms with Gasteiger partial charge in [-0.1, -0.05) is 63.2 Å². The van der Waals surface area contributed by atoms with E-state index in [1.54, 1.807) is 0 Å². The molecular weight excluding hydrogens is 218 g/mol. The summed E-state index contributed by atoms with van der Waals surface area (Å²) in [5, 5.41) is 2.68. The van der Waals surface area contributed by atoms with Crippen molar-refractivity contribution >= 4 is 10.8 Å². The minimum absolute atomic E-state index is 0.592. The van der Waals surface area contributed by atoms with Crippen molar-refractivity contribution in [1.82, 2.24) is 4.90 Å². The van der Waals surface area contributed by atoms with Gasteiger partial charge < -0.3 is 4.90 Å². The Hall–Kier alpha value is -1.34. The predicted molar refractivity (Wildman–Crippen MR) is 80.2 cm³/mol. The molecule has 1 unspecified atom stereocenters. The third kappa shape index (κ3) is 2.91. The van der Waals surface area contributed by atoms with E-state index in [4.69, 9.17) is 0 Å². The molecule has 0 aliphatic rings. The Morgan fingerprint density at radius 1 is 0.944 bits per heavy atom. The van der Waals surface area contributed by atoms with Crippen molar-refractivity contribution in [2.75, 3.05) is 19.6 Å². The number of nitrogens with zero attached hydrogens (tertiary/aromatic N) is 1. The topological polar surface area (TPSA) is 3.24 Å². The molecule has 0 N–H and O–H groups in total. The van der Waals surface area contributed by atoms with E-state index < -0.39 is 0 Å². The second kappa shape index (κ2) is 6.01. The number of rotatable bonds is 5. The Morgan fingerprint density at radius 2 is 1.61 bits per heavy atom. The standard InChI is InChI=1S/C17H23N/c1-4-18(5-2)13-14(3)16-11-10-15-8-6-7-9-17(15)12-16/h6-12,14H,4-5,13H2,1-3H3. The molecule has 2 aromatic carbocycles. The minimum atomic E-state index is 0.592. The summed E-state index contributed by atoms with van der Waals surface area (Å²) in [6.07, 6.45) is 0. The number of likely N-dealkylation sites (N-methyl/N-ethyl adjacent to an activating group) is 1. The zero-order chi connectivity index (χ0) is 13.0. The zero-order valence-corrected chi connectivity index (χ0v) is 11.7. The van der Waals surface area contributed by atoms with Crippen molar-refractivity contribution in [1.29, 1.82) is 0 Å². The second-order valence-electron chi connectivity index (χ2n) is 4.99.